The van der Waals surface area contributed by atoms with Crippen molar-refractivity contribution in [1.82, 2.24) is 14.6 Å². The molecule has 0 fully saturated rings. The fraction of sp³-hybridized carbons (Fsp3) is 0.292. The lowest BCUT2D eigenvalue weighted by atomic mass is 10.1. The second-order valence-electron chi connectivity index (χ2n) is 7.38. The molecule has 4 aromatic rings. The first-order chi connectivity index (χ1) is 15.1. The van der Waals surface area contributed by atoms with Crippen LogP contribution in [0.25, 0.3) is 22.4 Å². The topological polar surface area (TPSA) is 65.7 Å². The normalized spacial score (nSPS) is 11.9. The highest BCUT2D eigenvalue weighted by atomic mass is 32.1. The van der Waals surface area contributed by atoms with Crippen LogP contribution in [0.1, 0.15) is 37.3 Å². The molecule has 0 radical (unpaired) electrons. The lowest BCUT2D eigenvalue weighted by Gasteiger charge is -2.11. The maximum Gasteiger partial charge on any atom is 0.291 e. The summed E-state index contributed by atoms with van der Waals surface area (Å²) in [6, 6.07) is 13.6. The first kappa shape index (κ1) is 21.1. The Hall–Kier alpha value is -3.19. The van der Waals surface area contributed by atoms with E-state index in [4.69, 9.17) is 9.47 Å². The molecule has 31 heavy (non-hydrogen) atoms. The largest absolute Gasteiger partial charge is 0.493 e. The van der Waals surface area contributed by atoms with Gasteiger partial charge in [-0.25, -0.2) is 0 Å². The van der Waals surface area contributed by atoms with E-state index < -0.39 is 0 Å². The molecule has 0 saturated heterocycles. The van der Waals surface area contributed by atoms with Crippen LogP contribution in [0.4, 0.5) is 0 Å². The number of rotatable bonds is 8. The summed E-state index contributed by atoms with van der Waals surface area (Å²) in [5, 5.41) is 4.41. The molecule has 0 unspecified atom stereocenters. The zero-order valence-electron chi connectivity index (χ0n) is 17.9. The number of nitrogens with zero attached hydrogens (tertiary/aromatic N) is 3. The molecule has 0 bridgehead atoms. The Morgan fingerprint density at radius 1 is 1.10 bits per heavy atom. The SMILES string of the molecule is CCCCCOc1ccc(C=c2sc3nc(-c4ccc(C)cc4)nn3c2=O)cc1OC. The summed E-state index contributed by atoms with van der Waals surface area (Å²) in [5.41, 5.74) is 2.74. The lowest BCUT2D eigenvalue weighted by Crippen LogP contribution is -2.23. The summed E-state index contributed by atoms with van der Waals surface area (Å²) in [4.78, 5) is 18.0. The van der Waals surface area contributed by atoms with Gasteiger partial charge in [-0.05, 0) is 37.1 Å². The molecule has 2 aromatic heterocycles. The number of aromatic nitrogens is 3. The second kappa shape index (κ2) is 9.31. The van der Waals surface area contributed by atoms with E-state index in [-0.39, 0.29) is 5.56 Å². The third-order valence-electron chi connectivity index (χ3n) is 4.98. The van der Waals surface area contributed by atoms with Crippen LogP contribution in [-0.4, -0.2) is 28.3 Å². The minimum absolute atomic E-state index is 0.176. The van der Waals surface area contributed by atoms with Gasteiger partial charge in [-0.2, -0.15) is 9.50 Å². The zero-order valence-corrected chi connectivity index (χ0v) is 18.7. The Kier molecular flexibility index (Phi) is 6.32. The van der Waals surface area contributed by atoms with Gasteiger partial charge in [0, 0.05) is 5.56 Å². The molecule has 0 saturated carbocycles. The minimum Gasteiger partial charge on any atom is -0.493 e. The smallest absolute Gasteiger partial charge is 0.291 e. The maximum absolute atomic E-state index is 12.8. The van der Waals surface area contributed by atoms with Gasteiger partial charge in [0.1, 0.15) is 0 Å². The molecule has 160 valence electrons. The van der Waals surface area contributed by atoms with Gasteiger partial charge < -0.3 is 9.47 Å². The molecule has 0 N–H and O–H groups in total. The van der Waals surface area contributed by atoms with Crippen molar-refractivity contribution in [3.63, 3.8) is 0 Å². The molecule has 7 heteroatoms. The highest BCUT2D eigenvalue weighted by Gasteiger charge is 2.12. The van der Waals surface area contributed by atoms with Crippen molar-refractivity contribution in [2.75, 3.05) is 13.7 Å². The van der Waals surface area contributed by atoms with E-state index in [1.165, 1.54) is 21.4 Å². The molecular weight excluding hydrogens is 410 g/mol. The van der Waals surface area contributed by atoms with Crippen molar-refractivity contribution in [3.8, 4) is 22.9 Å². The van der Waals surface area contributed by atoms with Gasteiger partial charge in [-0.1, -0.05) is 67.0 Å². The molecule has 2 heterocycles. The Labute approximate surface area is 184 Å². The number of aryl methyl sites for hydroxylation is 1. The van der Waals surface area contributed by atoms with E-state index in [0.717, 1.165) is 30.4 Å². The molecule has 0 aliphatic carbocycles. The highest BCUT2D eigenvalue weighted by molar-refractivity contribution is 7.15. The summed E-state index contributed by atoms with van der Waals surface area (Å²) >= 11 is 1.32. The monoisotopic (exact) mass is 435 g/mol. The van der Waals surface area contributed by atoms with Crippen molar-refractivity contribution >= 4 is 22.4 Å². The van der Waals surface area contributed by atoms with Crippen LogP contribution >= 0.6 is 11.3 Å². The van der Waals surface area contributed by atoms with Gasteiger partial charge in [-0.3, -0.25) is 4.79 Å². The van der Waals surface area contributed by atoms with Crippen LogP contribution in [0.15, 0.2) is 47.3 Å². The van der Waals surface area contributed by atoms with Crippen molar-refractivity contribution in [2.24, 2.45) is 0 Å². The number of hydrogen-bond donors (Lipinski definition) is 0. The Balaban J connectivity index is 1.61. The molecule has 6 nitrogen and oxygen atoms in total. The quantitative estimate of drug-likeness (QED) is 0.387. The summed E-state index contributed by atoms with van der Waals surface area (Å²) < 4.78 is 13.3. The fourth-order valence-corrected chi connectivity index (χ4v) is 4.15. The van der Waals surface area contributed by atoms with Crippen molar-refractivity contribution < 1.29 is 9.47 Å². The Morgan fingerprint density at radius 2 is 1.90 bits per heavy atom. The van der Waals surface area contributed by atoms with E-state index in [1.807, 2.05) is 55.5 Å². The molecule has 0 spiro atoms. The van der Waals surface area contributed by atoms with E-state index in [1.54, 1.807) is 7.11 Å². The predicted molar refractivity (Wildman–Crippen MR) is 124 cm³/mol. The number of hydrogen-bond acceptors (Lipinski definition) is 6. The number of methoxy groups -OCH3 is 1. The number of fused-ring (bicyclic) bond motifs is 1. The van der Waals surface area contributed by atoms with Crippen LogP contribution < -0.4 is 19.6 Å². The van der Waals surface area contributed by atoms with E-state index in [9.17, 15) is 4.79 Å². The highest BCUT2D eigenvalue weighted by Crippen LogP contribution is 2.28. The summed E-state index contributed by atoms with van der Waals surface area (Å²) in [6.07, 6.45) is 5.13. The van der Waals surface area contributed by atoms with Gasteiger partial charge >= 0.3 is 0 Å². The van der Waals surface area contributed by atoms with Crippen LogP contribution in [0, 0.1) is 6.92 Å². The van der Waals surface area contributed by atoms with E-state index in [2.05, 4.69) is 17.0 Å². The lowest BCUT2D eigenvalue weighted by molar-refractivity contribution is 0.286. The van der Waals surface area contributed by atoms with Gasteiger partial charge in [0.2, 0.25) is 4.96 Å². The van der Waals surface area contributed by atoms with E-state index >= 15 is 0 Å². The fourth-order valence-electron chi connectivity index (χ4n) is 3.24. The molecule has 2 aromatic carbocycles. The molecule has 0 aliphatic rings. The third-order valence-corrected chi connectivity index (χ3v) is 5.94. The number of benzene rings is 2. The summed E-state index contributed by atoms with van der Waals surface area (Å²) in [6.45, 7) is 4.85. The van der Waals surface area contributed by atoms with Gasteiger partial charge in [-0.15, -0.1) is 5.10 Å². The van der Waals surface area contributed by atoms with Crippen molar-refractivity contribution in [1.29, 1.82) is 0 Å². The third kappa shape index (κ3) is 4.61. The maximum atomic E-state index is 12.8. The Morgan fingerprint density at radius 3 is 2.61 bits per heavy atom. The standard InChI is InChI=1S/C24H25N3O3S/c1-4-5-6-13-30-19-12-9-17(14-20(19)29-3)15-21-23(28)27-24(31-21)25-22(26-27)18-10-7-16(2)8-11-18/h7-12,14-15H,4-6,13H2,1-3H3. The minimum atomic E-state index is -0.176. The first-order valence-corrected chi connectivity index (χ1v) is 11.2. The molecule has 0 aliphatic heterocycles. The average Bonchev–Trinajstić information content (AvgIpc) is 3.32. The second-order valence-corrected chi connectivity index (χ2v) is 8.39. The Bertz CT molecular complexity index is 1290. The van der Waals surface area contributed by atoms with Crippen LogP contribution in [0.5, 0.6) is 11.5 Å². The molecule has 0 amide bonds. The number of thiazole rings is 1. The average molecular weight is 436 g/mol. The van der Waals surface area contributed by atoms with Gasteiger partial charge in [0.25, 0.3) is 5.56 Å². The summed E-state index contributed by atoms with van der Waals surface area (Å²) in [7, 11) is 1.62. The molecule has 0 atom stereocenters. The van der Waals surface area contributed by atoms with Crippen LogP contribution in [-0.2, 0) is 0 Å². The number of unbranched alkanes of at least 4 members (excludes halogenated alkanes) is 2. The molecular formula is C24H25N3O3S. The van der Waals surface area contributed by atoms with Crippen molar-refractivity contribution in [3.05, 3.63) is 68.5 Å². The van der Waals surface area contributed by atoms with Crippen LogP contribution in [0.2, 0.25) is 0 Å². The molecule has 4 rings (SSSR count). The van der Waals surface area contributed by atoms with Crippen molar-refractivity contribution in [2.45, 2.75) is 33.1 Å². The van der Waals surface area contributed by atoms with Gasteiger partial charge in [0.15, 0.2) is 17.3 Å². The van der Waals surface area contributed by atoms with Crippen LogP contribution in [0.3, 0.4) is 0 Å². The first-order valence-electron chi connectivity index (χ1n) is 10.4. The van der Waals surface area contributed by atoms with Gasteiger partial charge in [0.05, 0.1) is 18.2 Å². The summed E-state index contributed by atoms with van der Waals surface area (Å²) in [5.74, 6) is 1.92. The zero-order chi connectivity index (χ0) is 21.8. The predicted octanol–water partition coefficient (Wildman–Crippen LogP) is 4.25. The van der Waals surface area contributed by atoms with E-state index in [0.29, 0.717) is 33.4 Å². The number of ether oxygens (including phenoxy) is 2.